The van der Waals surface area contributed by atoms with Gasteiger partial charge in [-0.15, -0.1) is 5.10 Å². The summed E-state index contributed by atoms with van der Waals surface area (Å²) in [5, 5.41) is 22.1. The van der Waals surface area contributed by atoms with E-state index < -0.39 is 6.10 Å². The van der Waals surface area contributed by atoms with E-state index in [0.29, 0.717) is 19.2 Å². The molecule has 6 heteroatoms. The van der Waals surface area contributed by atoms with Crippen molar-refractivity contribution >= 4 is 0 Å². The van der Waals surface area contributed by atoms with Gasteiger partial charge < -0.3 is 15.2 Å². The molecule has 1 saturated heterocycles. The first kappa shape index (κ1) is 14.9. The van der Waals surface area contributed by atoms with Crippen molar-refractivity contribution in [1.29, 1.82) is 0 Å². The van der Waals surface area contributed by atoms with Crippen LogP contribution in [0.3, 0.4) is 0 Å². The lowest BCUT2D eigenvalue weighted by molar-refractivity contribution is 0.0722. The first-order valence-corrected chi connectivity index (χ1v) is 7.90. The zero-order chi connectivity index (χ0) is 15.0. The molecule has 118 valence electrons. The van der Waals surface area contributed by atoms with Gasteiger partial charge in [-0.05, 0) is 12.8 Å². The fourth-order valence-corrected chi connectivity index (χ4v) is 2.82. The molecule has 0 aromatic carbocycles. The minimum atomic E-state index is -0.429. The lowest BCUT2D eigenvalue weighted by Crippen LogP contribution is -2.51. The lowest BCUT2D eigenvalue weighted by atomic mass is 9.91. The Morgan fingerprint density at radius 2 is 2.19 bits per heavy atom. The van der Waals surface area contributed by atoms with Crippen LogP contribution in [-0.4, -0.2) is 51.0 Å². The highest BCUT2D eigenvalue weighted by Crippen LogP contribution is 2.24. The van der Waals surface area contributed by atoms with E-state index in [4.69, 9.17) is 4.74 Å². The molecule has 2 aliphatic rings. The Labute approximate surface area is 125 Å². The maximum Gasteiger partial charge on any atom is 0.0952 e. The molecular weight excluding hydrogens is 268 g/mol. The molecular formula is C15H26N4O2. The molecule has 0 radical (unpaired) electrons. The molecule has 1 aliphatic carbocycles. The SMILES string of the molecule is CC(C)(C)c1cn(C[C@H]2OC[C@H](O)[C@H]2NC2CCC2)nn1. The maximum absolute atomic E-state index is 10.1. The number of aliphatic hydroxyl groups is 1. The number of rotatable bonds is 4. The molecule has 3 rings (SSSR count). The van der Waals surface area contributed by atoms with Gasteiger partial charge in [0.2, 0.25) is 0 Å². The predicted molar refractivity (Wildman–Crippen MR) is 79.0 cm³/mol. The predicted octanol–water partition coefficient (Wildman–Crippen LogP) is 0.846. The summed E-state index contributed by atoms with van der Waals surface area (Å²) in [4.78, 5) is 0. The maximum atomic E-state index is 10.1. The van der Waals surface area contributed by atoms with E-state index in [1.807, 2.05) is 10.9 Å². The van der Waals surface area contributed by atoms with Crippen LogP contribution in [-0.2, 0) is 16.7 Å². The molecule has 2 heterocycles. The Morgan fingerprint density at radius 3 is 2.76 bits per heavy atom. The van der Waals surface area contributed by atoms with Crippen molar-refractivity contribution in [2.45, 2.75) is 76.3 Å². The van der Waals surface area contributed by atoms with Crippen LogP contribution in [0.15, 0.2) is 6.20 Å². The Hall–Kier alpha value is -0.980. The number of ether oxygens (including phenoxy) is 1. The van der Waals surface area contributed by atoms with Crippen molar-refractivity contribution in [2.75, 3.05) is 6.61 Å². The highest BCUT2D eigenvalue weighted by atomic mass is 16.5. The van der Waals surface area contributed by atoms with Crippen molar-refractivity contribution in [3.63, 3.8) is 0 Å². The van der Waals surface area contributed by atoms with E-state index in [1.54, 1.807) is 0 Å². The molecule has 6 nitrogen and oxygen atoms in total. The molecule has 0 unspecified atom stereocenters. The molecule has 2 fully saturated rings. The molecule has 0 bridgehead atoms. The van der Waals surface area contributed by atoms with Gasteiger partial charge in [-0.1, -0.05) is 32.4 Å². The number of nitrogens with one attached hydrogen (secondary N) is 1. The summed E-state index contributed by atoms with van der Waals surface area (Å²) in [6, 6.07) is 0.535. The Kier molecular flexibility index (Phi) is 4.03. The number of aromatic nitrogens is 3. The smallest absolute Gasteiger partial charge is 0.0952 e. The molecule has 0 spiro atoms. The second-order valence-electron chi connectivity index (χ2n) is 7.34. The number of aliphatic hydroxyl groups excluding tert-OH is 1. The monoisotopic (exact) mass is 294 g/mol. The van der Waals surface area contributed by atoms with Gasteiger partial charge in [0, 0.05) is 17.7 Å². The first-order chi connectivity index (χ1) is 9.93. The van der Waals surface area contributed by atoms with Gasteiger partial charge in [0.25, 0.3) is 0 Å². The lowest BCUT2D eigenvalue weighted by Gasteiger charge is -2.32. The average Bonchev–Trinajstić information content (AvgIpc) is 2.93. The van der Waals surface area contributed by atoms with E-state index in [-0.39, 0.29) is 17.6 Å². The van der Waals surface area contributed by atoms with Crippen molar-refractivity contribution in [1.82, 2.24) is 20.3 Å². The van der Waals surface area contributed by atoms with Gasteiger partial charge in [-0.2, -0.15) is 0 Å². The van der Waals surface area contributed by atoms with Gasteiger partial charge in [0.15, 0.2) is 0 Å². The van der Waals surface area contributed by atoms with Gasteiger partial charge >= 0.3 is 0 Å². The highest BCUT2D eigenvalue weighted by molar-refractivity contribution is 5.06. The quantitative estimate of drug-likeness (QED) is 0.861. The van der Waals surface area contributed by atoms with Crippen LogP contribution in [0, 0.1) is 0 Å². The van der Waals surface area contributed by atoms with Crippen molar-refractivity contribution in [2.24, 2.45) is 0 Å². The van der Waals surface area contributed by atoms with E-state index in [2.05, 4.69) is 36.4 Å². The van der Waals surface area contributed by atoms with Crippen LogP contribution < -0.4 is 5.32 Å². The summed E-state index contributed by atoms with van der Waals surface area (Å²) >= 11 is 0. The molecule has 1 aliphatic heterocycles. The van der Waals surface area contributed by atoms with E-state index in [1.165, 1.54) is 19.3 Å². The fourth-order valence-electron chi connectivity index (χ4n) is 2.82. The summed E-state index contributed by atoms with van der Waals surface area (Å²) in [6.07, 6.45) is 5.19. The van der Waals surface area contributed by atoms with Crippen LogP contribution in [0.2, 0.25) is 0 Å². The molecule has 0 amide bonds. The first-order valence-electron chi connectivity index (χ1n) is 7.90. The van der Waals surface area contributed by atoms with Crippen LogP contribution in [0.4, 0.5) is 0 Å². The third-order valence-electron chi connectivity index (χ3n) is 4.50. The largest absolute Gasteiger partial charge is 0.389 e. The van der Waals surface area contributed by atoms with Gasteiger partial charge in [0.05, 0.1) is 37.1 Å². The third-order valence-corrected chi connectivity index (χ3v) is 4.50. The zero-order valence-corrected chi connectivity index (χ0v) is 13.1. The molecule has 1 aromatic heterocycles. The number of hydrogen-bond acceptors (Lipinski definition) is 5. The molecule has 1 saturated carbocycles. The van der Waals surface area contributed by atoms with Crippen LogP contribution in [0.1, 0.15) is 45.7 Å². The van der Waals surface area contributed by atoms with Crippen LogP contribution in [0.25, 0.3) is 0 Å². The molecule has 21 heavy (non-hydrogen) atoms. The van der Waals surface area contributed by atoms with Gasteiger partial charge in [0.1, 0.15) is 0 Å². The summed E-state index contributed by atoms with van der Waals surface area (Å²) in [7, 11) is 0. The minimum absolute atomic E-state index is 0.00210. The average molecular weight is 294 g/mol. The van der Waals surface area contributed by atoms with Crippen LogP contribution in [0.5, 0.6) is 0 Å². The van der Waals surface area contributed by atoms with E-state index >= 15 is 0 Å². The van der Waals surface area contributed by atoms with Crippen LogP contribution >= 0.6 is 0 Å². The van der Waals surface area contributed by atoms with E-state index in [9.17, 15) is 5.11 Å². The summed E-state index contributed by atoms with van der Waals surface area (Å²) in [5.41, 5.74) is 0.974. The number of hydrogen-bond donors (Lipinski definition) is 2. The Morgan fingerprint density at radius 1 is 1.43 bits per heavy atom. The topological polar surface area (TPSA) is 72.2 Å². The van der Waals surface area contributed by atoms with Crippen molar-refractivity contribution in [3.05, 3.63) is 11.9 Å². The minimum Gasteiger partial charge on any atom is -0.389 e. The second kappa shape index (κ2) is 5.66. The van der Waals surface area contributed by atoms with Gasteiger partial charge in [-0.25, -0.2) is 4.68 Å². The summed E-state index contributed by atoms with van der Waals surface area (Å²) in [6.45, 7) is 7.40. The fraction of sp³-hybridized carbons (Fsp3) is 0.867. The highest BCUT2D eigenvalue weighted by Gasteiger charge is 2.38. The van der Waals surface area contributed by atoms with Crippen molar-refractivity contribution < 1.29 is 9.84 Å². The molecule has 3 atom stereocenters. The van der Waals surface area contributed by atoms with Gasteiger partial charge in [-0.3, -0.25) is 0 Å². The summed E-state index contributed by atoms with van der Waals surface area (Å²) < 4.78 is 7.58. The third kappa shape index (κ3) is 3.27. The Balaban J connectivity index is 1.63. The van der Waals surface area contributed by atoms with Crippen molar-refractivity contribution in [3.8, 4) is 0 Å². The molecule has 2 N–H and O–H groups in total. The summed E-state index contributed by atoms with van der Waals surface area (Å²) in [5.74, 6) is 0. The normalized spacial score (nSPS) is 30.6. The zero-order valence-electron chi connectivity index (χ0n) is 13.1. The second-order valence-corrected chi connectivity index (χ2v) is 7.34. The standard InChI is InChI=1S/C15H26N4O2/c1-15(2,3)13-8-19(18-17-13)7-12-14(11(20)9-21-12)16-10-5-4-6-10/h8,10-12,14,16,20H,4-7,9H2,1-3H3/t11-,12+,14+/m0/s1. The molecule has 1 aromatic rings. The number of nitrogens with zero attached hydrogens (tertiary/aromatic N) is 3. The Bertz CT molecular complexity index is 478. The van der Waals surface area contributed by atoms with E-state index in [0.717, 1.165) is 5.69 Å².